The quantitative estimate of drug-likeness (QED) is 0.174. The van der Waals surface area contributed by atoms with Crippen molar-refractivity contribution in [2.75, 3.05) is 0 Å². The molecular formula is C43H64O4. The second-order valence-electron chi connectivity index (χ2n) is 20.5. The maximum atomic E-state index is 13.8. The van der Waals surface area contributed by atoms with Crippen molar-refractivity contribution >= 4 is 11.9 Å². The third-order valence-electron chi connectivity index (χ3n) is 17.7. The molecule has 0 radical (unpaired) electrons. The van der Waals surface area contributed by atoms with Gasteiger partial charge < -0.3 is 9.47 Å². The van der Waals surface area contributed by atoms with Gasteiger partial charge in [-0.3, -0.25) is 9.59 Å². The van der Waals surface area contributed by atoms with Gasteiger partial charge in [0.15, 0.2) is 0 Å². The minimum Gasteiger partial charge on any atom is -0.461 e. The number of hydrogen-bond donors (Lipinski definition) is 0. The van der Waals surface area contributed by atoms with Crippen LogP contribution in [0.2, 0.25) is 0 Å². The fourth-order valence-corrected chi connectivity index (χ4v) is 16.3. The van der Waals surface area contributed by atoms with Gasteiger partial charge in [0.1, 0.15) is 18.6 Å². The van der Waals surface area contributed by atoms with Gasteiger partial charge in [-0.05, 0) is 135 Å². The molecule has 0 saturated heterocycles. The van der Waals surface area contributed by atoms with Crippen molar-refractivity contribution in [3.8, 4) is 0 Å². The van der Waals surface area contributed by atoms with Gasteiger partial charge in [-0.2, -0.15) is 0 Å². The molecule has 47 heavy (non-hydrogen) atoms. The normalized spacial score (nSPS) is 50.4. The first-order valence-corrected chi connectivity index (χ1v) is 19.8. The molecule has 4 bridgehead atoms. The first-order valence-electron chi connectivity index (χ1n) is 19.8. The molecule has 0 N–H and O–H groups in total. The Morgan fingerprint density at radius 2 is 0.979 bits per heavy atom. The van der Waals surface area contributed by atoms with Crippen LogP contribution in [0.1, 0.15) is 151 Å². The van der Waals surface area contributed by atoms with E-state index in [0.29, 0.717) is 22.7 Å². The topological polar surface area (TPSA) is 52.6 Å². The van der Waals surface area contributed by atoms with Gasteiger partial charge in [0.05, 0.1) is 0 Å². The molecule has 8 fully saturated rings. The number of carbonyl (C=O) groups is 2. The van der Waals surface area contributed by atoms with Crippen LogP contribution < -0.4 is 0 Å². The maximum absolute atomic E-state index is 13.8. The summed E-state index contributed by atoms with van der Waals surface area (Å²) in [6.45, 7) is 24.2. The summed E-state index contributed by atoms with van der Waals surface area (Å²) in [6, 6.07) is 0. The molecule has 2 spiro atoms. The summed E-state index contributed by atoms with van der Waals surface area (Å²) in [6.07, 6.45) is 18.4. The lowest BCUT2D eigenvalue weighted by molar-refractivity contribution is -0.207. The predicted molar refractivity (Wildman–Crippen MR) is 186 cm³/mol. The smallest absolute Gasteiger partial charge is 0.317 e. The lowest BCUT2D eigenvalue weighted by atomic mass is 9.41. The standard InChI is InChI=1S/C43H64O4/c1-26-24-42-21-15-30-38(3,4)17-9-19-40(30,7)32(42)13-11-28(26)36(42)46-34(44)23-35(45)47-37-29-12-14-33-41(8)20-10-18-39(5,6)31(41)16-22-43(33,37)25-27(29)2/h28-33,36-37H,1-2,9-25H2,3-8H3/t28-,29-,30+,31+,32-,33-,36+,37+,40+,41+,42-,43-/m0/s1. The first-order chi connectivity index (χ1) is 22.1. The highest BCUT2D eigenvalue weighted by Gasteiger charge is 2.69. The van der Waals surface area contributed by atoms with E-state index in [2.05, 4.69) is 54.7 Å². The van der Waals surface area contributed by atoms with E-state index >= 15 is 0 Å². The van der Waals surface area contributed by atoms with E-state index in [1.807, 2.05) is 0 Å². The third kappa shape index (κ3) is 4.42. The molecule has 4 nitrogen and oxygen atoms in total. The molecule has 260 valence electrons. The van der Waals surface area contributed by atoms with Gasteiger partial charge in [-0.15, -0.1) is 0 Å². The van der Waals surface area contributed by atoms with E-state index in [1.165, 1.54) is 75.4 Å². The number of esters is 2. The fraction of sp³-hybridized carbons (Fsp3) is 0.860. The van der Waals surface area contributed by atoms with E-state index in [9.17, 15) is 9.59 Å². The molecule has 0 aromatic rings. The van der Waals surface area contributed by atoms with Crippen LogP contribution >= 0.6 is 0 Å². The summed E-state index contributed by atoms with van der Waals surface area (Å²) >= 11 is 0. The zero-order chi connectivity index (χ0) is 33.4. The SMILES string of the molecule is C=C1C[C@@]23CC[C@@H]4C(C)(C)CCC[C@@]4(C)[C@@H]2CC[C@@H]1[C@H]3OC(=O)CC(=O)O[C@@H]1[C@H]2CC[C@H]3[C@]4(C)CCCC(C)(C)[C@H]4CC[C@@]13CC2=C. The molecule has 0 heterocycles. The Kier molecular flexibility index (Phi) is 7.27. The van der Waals surface area contributed by atoms with Crippen molar-refractivity contribution in [1.29, 1.82) is 0 Å². The molecule has 8 saturated carbocycles. The van der Waals surface area contributed by atoms with E-state index in [1.54, 1.807) is 0 Å². The Bertz CT molecular complexity index is 1270. The molecule has 0 unspecified atom stereocenters. The minimum atomic E-state index is -0.378. The van der Waals surface area contributed by atoms with Crippen molar-refractivity contribution in [3.05, 3.63) is 24.3 Å². The van der Waals surface area contributed by atoms with Crippen LogP contribution in [0.4, 0.5) is 0 Å². The number of ether oxygens (including phenoxy) is 2. The van der Waals surface area contributed by atoms with E-state index in [0.717, 1.165) is 50.4 Å². The van der Waals surface area contributed by atoms with E-state index < -0.39 is 0 Å². The van der Waals surface area contributed by atoms with Crippen molar-refractivity contribution in [2.45, 2.75) is 163 Å². The van der Waals surface area contributed by atoms with Gasteiger partial charge in [0, 0.05) is 22.7 Å². The monoisotopic (exact) mass is 644 g/mol. The average molecular weight is 645 g/mol. The predicted octanol–water partition coefficient (Wildman–Crippen LogP) is 10.4. The Labute approximate surface area is 285 Å². The average Bonchev–Trinajstić information content (AvgIpc) is 3.20. The second kappa shape index (κ2) is 10.5. The highest BCUT2D eigenvalue weighted by molar-refractivity contribution is 5.91. The maximum Gasteiger partial charge on any atom is 0.317 e. The highest BCUT2D eigenvalue weighted by atomic mass is 16.6. The molecule has 12 atom stereocenters. The van der Waals surface area contributed by atoms with Crippen molar-refractivity contribution in [3.63, 3.8) is 0 Å². The number of carbonyl (C=O) groups excluding carboxylic acids is 2. The summed E-state index contributed by atoms with van der Waals surface area (Å²) in [4.78, 5) is 27.6. The number of rotatable bonds is 4. The molecule has 0 aliphatic heterocycles. The Morgan fingerprint density at radius 3 is 1.38 bits per heavy atom. The fourth-order valence-electron chi connectivity index (χ4n) is 16.3. The molecule has 0 aromatic carbocycles. The molecule has 0 amide bonds. The zero-order valence-electron chi connectivity index (χ0n) is 30.7. The van der Waals surface area contributed by atoms with Gasteiger partial charge in [-0.25, -0.2) is 0 Å². The third-order valence-corrected chi connectivity index (χ3v) is 17.7. The second-order valence-corrected chi connectivity index (χ2v) is 20.5. The summed E-state index contributed by atoms with van der Waals surface area (Å²) < 4.78 is 13.1. The van der Waals surface area contributed by atoms with Crippen LogP contribution in [0.5, 0.6) is 0 Å². The lowest BCUT2D eigenvalue weighted by Crippen LogP contribution is -2.60. The largest absolute Gasteiger partial charge is 0.461 e. The Balaban J connectivity index is 0.992. The van der Waals surface area contributed by atoms with Crippen molar-refractivity contribution in [1.82, 2.24) is 0 Å². The number of hydrogen-bond acceptors (Lipinski definition) is 4. The van der Waals surface area contributed by atoms with Crippen LogP contribution in [0.3, 0.4) is 0 Å². The molecule has 8 rings (SSSR count). The van der Waals surface area contributed by atoms with Crippen LogP contribution in [-0.2, 0) is 19.1 Å². The van der Waals surface area contributed by atoms with Crippen molar-refractivity contribution < 1.29 is 19.1 Å². The van der Waals surface area contributed by atoms with Crippen molar-refractivity contribution in [2.24, 2.45) is 68.0 Å². The Hall–Kier alpha value is -1.58. The summed E-state index contributed by atoms with van der Waals surface area (Å²) in [5.41, 5.74) is 3.80. The van der Waals surface area contributed by atoms with Crippen LogP contribution in [0.15, 0.2) is 24.3 Å². The van der Waals surface area contributed by atoms with E-state index in [-0.39, 0.29) is 64.1 Å². The number of fused-ring (bicyclic) bond motifs is 6. The van der Waals surface area contributed by atoms with Crippen LogP contribution in [0, 0.1) is 68.0 Å². The van der Waals surface area contributed by atoms with E-state index in [4.69, 9.17) is 9.47 Å². The summed E-state index contributed by atoms with van der Waals surface area (Å²) in [5.74, 6) is 2.25. The van der Waals surface area contributed by atoms with Gasteiger partial charge >= 0.3 is 11.9 Å². The molecule has 8 aliphatic carbocycles. The highest BCUT2D eigenvalue weighted by Crippen LogP contribution is 2.74. The zero-order valence-corrected chi connectivity index (χ0v) is 30.7. The summed E-state index contributed by atoms with van der Waals surface area (Å²) in [7, 11) is 0. The molecule has 0 aromatic heterocycles. The van der Waals surface area contributed by atoms with Crippen LogP contribution in [0.25, 0.3) is 0 Å². The molecule has 4 heteroatoms. The van der Waals surface area contributed by atoms with Crippen LogP contribution in [-0.4, -0.2) is 24.1 Å². The van der Waals surface area contributed by atoms with Gasteiger partial charge in [0.2, 0.25) is 0 Å². The molecular weight excluding hydrogens is 580 g/mol. The summed E-state index contributed by atoms with van der Waals surface area (Å²) in [5, 5.41) is 0. The lowest BCUT2D eigenvalue weighted by Gasteiger charge is -2.65. The minimum absolute atomic E-state index is 0.0213. The first kappa shape index (κ1) is 32.6. The van der Waals surface area contributed by atoms with Gasteiger partial charge in [0.25, 0.3) is 0 Å². The Morgan fingerprint density at radius 1 is 0.574 bits per heavy atom. The molecule has 8 aliphatic rings. The van der Waals surface area contributed by atoms with Gasteiger partial charge in [-0.1, -0.05) is 78.7 Å².